The fourth-order valence-corrected chi connectivity index (χ4v) is 1.27. The lowest BCUT2D eigenvalue weighted by molar-refractivity contribution is -0.136. The first kappa shape index (κ1) is 12.8. The van der Waals surface area contributed by atoms with Gasteiger partial charge in [0.25, 0.3) is 0 Å². The number of aromatic nitrogens is 1. The number of hydrogen-bond donors (Lipinski definition) is 2. The number of nitrogens with two attached hydrogens (primary N) is 1. The zero-order valence-electron chi connectivity index (χ0n) is 9.99. The minimum atomic E-state index is -0.347. The molecule has 0 amide bonds. The van der Waals surface area contributed by atoms with Gasteiger partial charge >= 0.3 is 5.97 Å². The molecule has 2 aromatic rings. The number of nitrogen functional groups attached to an aromatic ring is 1. The second-order valence-electron chi connectivity index (χ2n) is 3.58. The molecule has 0 saturated carbocycles. The summed E-state index contributed by atoms with van der Waals surface area (Å²) in [6.45, 7) is 4.95. The Labute approximate surface area is 100 Å². The first-order valence-electron chi connectivity index (χ1n) is 5.11. The Hall–Kier alpha value is -2.23. The number of hydrogen-bond acceptors (Lipinski definition) is 3. The number of esters is 1. The maximum Gasteiger partial charge on any atom is 0.332 e. The Balaban J connectivity index is 0.000000185. The predicted octanol–water partition coefficient (Wildman–Crippen LogP) is 2.49. The number of carbonyl (C=O) groups is 1. The molecule has 1 heterocycles. The number of nitrogens with one attached hydrogen (secondary N) is 1. The van der Waals surface area contributed by atoms with Gasteiger partial charge in [-0.1, -0.05) is 24.8 Å². The van der Waals surface area contributed by atoms with Crippen LogP contribution in [0.25, 0.3) is 10.9 Å². The Morgan fingerprint density at radius 1 is 1.41 bits per heavy atom. The van der Waals surface area contributed by atoms with Gasteiger partial charge in [0.1, 0.15) is 5.82 Å². The number of carbonyl (C=O) groups excluding carboxylic acids is 1. The molecule has 17 heavy (non-hydrogen) atoms. The molecule has 0 radical (unpaired) electrons. The number of rotatable bonds is 1. The number of para-hydroxylation sites is 1. The third-order valence-corrected chi connectivity index (χ3v) is 2.08. The van der Waals surface area contributed by atoms with Gasteiger partial charge in [0, 0.05) is 16.5 Å². The fraction of sp³-hybridized carbons (Fsp3) is 0.154. The van der Waals surface area contributed by atoms with Crippen LogP contribution < -0.4 is 5.73 Å². The van der Waals surface area contributed by atoms with Crippen molar-refractivity contribution in [1.29, 1.82) is 0 Å². The van der Waals surface area contributed by atoms with Crippen LogP contribution in [0.2, 0.25) is 0 Å². The molecule has 0 aliphatic rings. The van der Waals surface area contributed by atoms with Crippen molar-refractivity contribution < 1.29 is 9.53 Å². The number of fused-ring (bicyclic) bond motifs is 1. The average Bonchev–Trinajstić information content (AvgIpc) is 2.68. The van der Waals surface area contributed by atoms with Gasteiger partial charge in [-0.15, -0.1) is 0 Å². The highest BCUT2D eigenvalue weighted by molar-refractivity contribution is 5.86. The van der Waals surface area contributed by atoms with Crippen LogP contribution in [0.15, 0.2) is 42.5 Å². The van der Waals surface area contributed by atoms with Crippen LogP contribution in [-0.2, 0) is 9.53 Å². The van der Waals surface area contributed by atoms with Crippen LogP contribution in [0.3, 0.4) is 0 Å². The van der Waals surface area contributed by atoms with Crippen molar-refractivity contribution in [3.8, 4) is 0 Å². The molecule has 90 valence electrons. The molecule has 2 rings (SSSR count). The molecule has 0 atom stereocenters. The van der Waals surface area contributed by atoms with Crippen molar-refractivity contribution in [3.05, 3.63) is 42.5 Å². The molecule has 3 N–H and O–H groups in total. The summed E-state index contributed by atoms with van der Waals surface area (Å²) in [5.41, 5.74) is 7.07. The Bertz CT molecular complexity index is 496. The van der Waals surface area contributed by atoms with E-state index >= 15 is 0 Å². The zero-order valence-corrected chi connectivity index (χ0v) is 9.99. The summed E-state index contributed by atoms with van der Waals surface area (Å²) < 4.78 is 4.27. The minimum absolute atomic E-state index is 0.347. The lowest BCUT2D eigenvalue weighted by Crippen LogP contribution is -1.98. The summed E-state index contributed by atoms with van der Waals surface area (Å²) in [6.07, 6.45) is 0. The van der Waals surface area contributed by atoms with Crippen LogP contribution in [0, 0.1) is 0 Å². The van der Waals surface area contributed by atoms with E-state index in [2.05, 4.69) is 16.3 Å². The lowest BCUT2D eigenvalue weighted by atomic mass is 10.3. The van der Waals surface area contributed by atoms with E-state index < -0.39 is 0 Å². The second-order valence-corrected chi connectivity index (χ2v) is 3.58. The van der Waals surface area contributed by atoms with E-state index in [4.69, 9.17) is 5.73 Å². The quantitative estimate of drug-likeness (QED) is 0.586. The first-order valence-corrected chi connectivity index (χ1v) is 5.11. The first-order chi connectivity index (χ1) is 8.04. The Kier molecular flexibility index (Phi) is 4.34. The van der Waals surface area contributed by atoms with E-state index in [0.717, 1.165) is 11.3 Å². The lowest BCUT2D eigenvalue weighted by Gasteiger charge is -1.91. The zero-order chi connectivity index (χ0) is 12.8. The summed E-state index contributed by atoms with van der Waals surface area (Å²) >= 11 is 0. The smallest absolute Gasteiger partial charge is 0.332 e. The normalized spacial score (nSPS) is 9.29. The summed E-state index contributed by atoms with van der Waals surface area (Å²) in [4.78, 5) is 13.2. The van der Waals surface area contributed by atoms with Crippen LogP contribution in [-0.4, -0.2) is 18.1 Å². The third-order valence-electron chi connectivity index (χ3n) is 2.08. The molecule has 0 unspecified atom stereocenters. The molecular weight excluding hydrogens is 216 g/mol. The minimum Gasteiger partial charge on any atom is -0.466 e. The SMILES string of the molecule is C=C(C)C(=O)OC.Nc1cc2ccccc2[nH]1. The average molecular weight is 232 g/mol. The van der Waals surface area contributed by atoms with Crippen LogP contribution in [0.1, 0.15) is 6.92 Å². The molecule has 1 aromatic carbocycles. The summed E-state index contributed by atoms with van der Waals surface area (Å²) in [5.74, 6) is 0.376. The molecule has 0 aliphatic heterocycles. The van der Waals surface area contributed by atoms with Crippen molar-refractivity contribution in [2.75, 3.05) is 12.8 Å². The summed E-state index contributed by atoms with van der Waals surface area (Å²) in [6, 6.07) is 9.94. The van der Waals surface area contributed by atoms with E-state index in [1.807, 2.05) is 30.3 Å². The van der Waals surface area contributed by atoms with Gasteiger partial charge in [0.2, 0.25) is 0 Å². The van der Waals surface area contributed by atoms with Crippen LogP contribution in [0.4, 0.5) is 5.82 Å². The highest BCUT2D eigenvalue weighted by atomic mass is 16.5. The molecule has 0 aliphatic carbocycles. The maximum atomic E-state index is 10.2. The Morgan fingerprint density at radius 3 is 2.53 bits per heavy atom. The largest absolute Gasteiger partial charge is 0.466 e. The van der Waals surface area contributed by atoms with Crippen molar-refractivity contribution in [3.63, 3.8) is 0 Å². The van der Waals surface area contributed by atoms with Crippen LogP contribution in [0.5, 0.6) is 0 Å². The van der Waals surface area contributed by atoms with E-state index in [1.165, 1.54) is 12.5 Å². The number of ether oxygens (including phenoxy) is 1. The molecule has 4 nitrogen and oxygen atoms in total. The highest BCUT2D eigenvalue weighted by Crippen LogP contribution is 2.14. The standard InChI is InChI=1S/C8H8N2.C5H8O2/c9-8-5-6-3-1-2-4-7(6)10-8;1-4(2)5(6)7-3/h1-5,10H,9H2;1H2,2-3H3. The topological polar surface area (TPSA) is 68.1 Å². The molecule has 0 spiro atoms. The van der Waals surface area contributed by atoms with Gasteiger partial charge in [-0.25, -0.2) is 4.79 Å². The van der Waals surface area contributed by atoms with Gasteiger partial charge in [0.15, 0.2) is 0 Å². The van der Waals surface area contributed by atoms with Gasteiger partial charge < -0.3 is 15.5 Å². The van der Waals surface area contributed by atoms with Gasteiger partial charge in [-0.05, 0) is 19.1 Å². The van der Waals surface area contributed by atoms with Gasteiger partial charge in [-0.2, -0.15) is 0 Å². The number of benzene rings is 1. The number of anilines is 1. The van der Waals surface area contributed by atoms with Gasteiger partial charge in [0.05, 0.1) is 7.11 Å². The fourth-order valence-electron chi connectivity index (χ4n) is 1.27. The molecule has 1 aromatic heterocycles. The molecule has 0 bridgehead atoms. The number of methoxy groups -OCH3 is 1. The monoisotopic (exact) mass is 232 g/mol. The predicted molar refractivity (Wildman–Crippen MR) is 69.5 cm³/mol. The van der Waals surface area contributed by atoms with Crippen LogP contribution >= 0.6 is 0 Å². The van der Waals surface area contributed by atoms with E-state index in [9.17, 15) is 4.79 Å². The van der Waals surface area contributed by atoms with Gasteiger partial charge in [-0.3, -0.25) is 0 Å². The molecule has 0 fully saturated rings. The summed E-state index contributed by atoms with van der Waals surface area (Å²) in [5, 5.41) is 1.17. The molecular formula is C13H16N2O2. The van der Waals surface area contributed by atoms with E-state index in [-0.39, 0.29) is 5.97 Å². The molecule has 0 saturated heterocycles. The number of H-pyrrole nitrogens is 1. The van der Waals surface area contributed by atoms with Crippen molar-refractivity contribution in [1.82, 2.24) is 4.98 Å². The molecule has 4 heteroatoms. The summed E-state index contributed by atoms with van der Waals surface area (Å²) in [7, 11) is 1.33. The van der Waals surface area contributed by atoms with E-state index in [0.29, 0.717) is 5.57 Å². The van der Waals surface area contributed by atoms with Crippen molar-refractivity contribution in [2.45, 2.75) is 6.92 Å². The third kappa shape index (κ3) is 3.68. The second kappa shape index (κ2) is 5.75. The Morgan fingerprint density at radius 2 is 2.06 bits per heavy atom. The van der Waals surface area contributed by atoms with Crippen molar-refractivity contribution >= 4 is 22.7 Å². The van der Waals surface area contributed by atoms with Crippen molar-refractivity contribution in [2.24, 2.45) is 0 Å². The number of aromatic amines is 1. The highest BCUT2D eigenvalue weighted by Gasteiger charge is 1.95. The maximum absolute atomic E-state index is 10.2. The van der Waals surface area contributed by atoms with E-state index in [1.54, 1.807) is 6.92 Å².